The summed E-state index contributed by atoms with van der Waals surface area (Å²) in [6.07, 6.45) is 1.78. The Bertz CT molecular complexity index is 1240. The number of nitrogens with one attached hydrogen (secondary N) is 1. The lowest BCUT2D eigenvalue weighted by Gasteiger charge is -2.26. The lowest BCUT2D eigenvalue weighted by molar-refractivity contribution is 0.414. The largest absolute Gasteiger partial charge is 0.497 e. The van der Waals surface area contributed by atoms with Crippen molar-refractivity contribution in [3.05, 3.63) is 102 Å². The first-order chi connectivity index (χ1) is 15.6. The topological polar surface area (TPSA) is 50.5 Å². The Kier molecular flexibility index (Phi) is 5.55. The highest BCUT2D eigenvalue weighted by molar-refractivity contribution is 7.80. The number of ether oxygens (including phenoxy) is 1. The molecule has 0 radical (unpaired) electrons. The third kappa shape index (κ3) is 3.83. The fourth-order valence-electron chi connectivity index (χ4n) is 3.96. The van der Waals surface area contributed by atoms with Crippen LogP contribution in [0.4, 0.5) is 5.69 Å². The number of methoxy groups -OCH3 is 1. The second-order valence-corrected chi connectivity index (χ2v) is 8.23. The highest BCUT2D eigenvalue weighted by Crippen LogP contribution is 2.43. The molecule has 2 aromatic carbocycles. The second-order valence-electron chi connectivity index (χ2n) is 7.41. The van der Waals surface area contributed by atoms with Crippen molar-refractivity contribution in [2.75, 3.05) is 12.0 Å². The van der Waals surface area contributed by atoms with Gasteiger partial charge in [-0.2, -0.15) is 0 Å². The van der Waals surface area contributed by atoms with Gasteiger partial charge in [-0.1, -0.05) is 23.7 Å². The van der Waals surface area contributed by atoms with Crippen molar-refractivity contribution in [3.63, 3.8) is 0 Å². The highest BCUT2D eigenvalue weighted by Gasteiger charge is 2.42. The van der Waals surface area contributed by atoms with E-state index in [0.29, 0.717) is 10.1 Å². The zero-order valence-electron chi connectivity index (χ0n) is 17.2. The molecule has 160 valence electrons. The van der Waals surface area contributed by atoms with E-state index in [0.717, 1.165) is 34.2 Å². The molecular weight excluding hydrogens is 442 g/mol. The van der Waals surface area contributed by atoms with Crippen molar-refractivity contribution < 1.29 is 9.15 Å². The van der Waals surface area contributed by atoms with Crippen LogP contribution >= 0.6 is 23.8 Å². The first kappa shape index (κ1) is 20.5. The maximum atomic E-state index is 6.36. The van der Waals surface area contributed by atoms with Crippen molar-refractivity contribution in [2.45, 2.75) is 12.1 Å². The average molecular weight is 462 g/mol. The molecule has 1 fully saturated rings. The predicted octanol–water partition coefficient (Wildman–Crippen LogP) is 6.18. The molecule has 7 heteroatoms. The normalized spacial score (nSPS) is 17.9. The van der Waals surface area contributed by atoms with E-state index in [-0.39, 0.29) is 12.1 Å². The molecule has 0 aliphatic carbocycles. The SMILES string of the molecule is COc1cccc(N2C(=S)N[C@@H](c3ccccn3)[C@@H]2c2ccc(-c3ccc(Cl)cc3)o2)c1. The van der Waals surface area contributed by atoms with Crippen LogP contribution in [-0.2, 0) is 0 Å². The molecule has 0 unspecified atom stereocenters. The summed E-state index contributed by atoms with van der Waals surface area (Å²) in [5.74, 6) is 2.30. The third-order valence-electron chi connectivity index (χ3n) is 5.48. The van der Waals surface area contributed by atoms with Gasteiger partial charge in [0.2, 0.25) is 0 Å². The molecule has 0 amide bonds. The van der Waals surface area contributed by atoms with E-state index in [1.807, 2.05) is 78.9 Å². The smallest absolute Gasteiger partial charge is 0.174 e. The minimum absolute atomic E-state index is 0.181. The Morgan fingerprint density at radius 3 is 2.62 bits per heavy atom. The number of furan rings is 1. The zero-order chi connectivity index (χ0) is 22.1. The summed E-state index contributed by atoms with van der Waals surface area (Å²) in [4.78, 5) is 6.63. The Labute approximate surface area is 196 Å². The van der Waals surface area contributed by atoms with E-state index >= 15 is 0 Å². The summed E-state index contributed by atoms with van der Waals surface area (Å²) in [5, 5.41) is 4.72. The molecule has 1 N–H and O–H groups in total. The zero-order valence-corrected chi connectivity index (χ0v) is 18.8. The summed E-state index contributed by atoms with van der Waals surface area (Å²) in [7, 11) is 1.65. The predicted molar refractivity (Wildman–Crippen MR) is 130 cm³/mol. The molecule has 1 aliphatic rings. The second kappa shape index (κ2) is 8.65. The van der Waals surface area contributed by atoms with Gasteiger partial charge in [0.25, 0.3) is 0 Å². The van der Waals surface area contributed by atoms with Gasteiger partial charge < -0.3 is 19.4 Å². The lowest BCUT2D eigenvalue weighted by Crippen LogP contribution is -2.29. The highest BCUT2D eigenvalue weighted by atomic mass is 35.5. The van der Waals surface area contributed by atoms with E-state index in [1.165, 1.54) is 0 Å². The van der Waals surface area contributed by atoms with Gasteiger partial charge in [-0.05, 0) is 72.9 Å². The van der Waals surface area contributed by atoms with Crippen molar-refractivity contribution in [2.24, 2.45) is 0 Å². The minimum atomic E-state index is -0.231. The number of pyridine rings is 1. The van der Waals surface area contributed by atoms with Gasteiger partial charge in [-0.3, -0.25) is 4.98 Å². The maximum absolute atomic E-state index is 6.36. The number of rotatable bonds is 5. The van der Waals surface area contributed by atoms with Crippen molar-refractivity contribution in [3.8, 4) is 17.1 Å². The summed E-state index contributed by atoms with van der Waals surface area (Å²) >= 11 is 11.8. The molecule has 4 aromatic rings. The Morgan fingerprint density at radius 2 is 1.88 bits per heavy atom. The number of hydrogen-bond acceptors (Lipinski definition) is 4. The van der Waals surface area contributed by atoms with Crippen LogP contribution in [0.1, 0.15) is 23.5 Å². The third-order valence-corrected chi connectivity index (χ3v) is 6.04. The minimum Gasteiger partial charge on any atom is -0.497 e. The maximum Gasteiger partial charge on any atom is 0.174 e. The van der Waals surface area contributed by atoms with Gasteiger partial charge >= 0.3 is 0 Å². The summed E-state index contributed by atoms with van der Waals surface area (Å²) < 4.78 is 11.8. The van der Waals surface area contributed by atoms with Gasteiger partial charge in [0.15, 0.2) is 5.11 Å². The molecular formula is C25H20ClN3O2S. The molecule has 1 aliphatic heterocycles. The number of nitrogens with zero attached hydrogens (tertiary/aromatic N) is 2. The Hall–Kier alpha value is -3.35. The Morgan fingerprint density at radius 1 is 1.03 bits per heavy atom. The van der Waals surface area contributed by atoms with E-state index in [2.05, 4.69) is 15.2 Å². The fourth-order valence-corrected chi connectivity index (χ4v) is 4.44. The molecule has 5 nitrogen and oxygen atoms in total. The van der Waals surface area contributed by atoms with Gasteiger partial charge in [0, 0.05) is 28.5 Å². The Balaban J connectivity index is 1.59. The molecule has 0 spiro atoms. The van der Waals surface area contributed by atoms with Crippen LogP contribution < -0.4 is 15.0 Å². The molecule has 2 atom stereocenters. The average Bonchev–Trinajstić information content (AvgIpc) is 3.45. The number of aromatic nitrogens is 1. The van der Waals surface area contributed by atoms with E-state index in [1.54, 1.807) is 13.3 Å². The van der Waals surface area contributed by atoms with Crippen LogP contribution in [0.5, 0.6) is 5.75 Å². The molecule has 5 rings (SSSR count). The first-order valence-corrected chi connectivity index (χ1v) is 10.9. The summed E-state index contributed by atoms with van der Waals surface area (Å²) in [6, 6.07) is 24.8. The number of benzene rings is 2. The molecule has 2 aromatic heterocycles. The fraction of sp³-hybridized carbons (Fsp3) is 0.120. The number of hydrogen-bond donors (Lipinski definition) is 1. The van der Waals surface area contributed by atoms with Crippen molar-refractivity contribution in [1.29, 1.82) is 0 Å². The van der Waals surface area contributed by atoms with E-state index in [4.69, 9.17) is 33.0 Å². The van der Waals surface area contributed by atoms with Crippen LogP contribution in [0.3, 0.4) is 0 Å². The number of halogens is 1. The molecule has 3 heterocycles. The van der Waals surface area contributed by atoms with Crippen LogP contribution in [0.15, 0.2) is 89.5 Å². The van der Waals surface area contributed by atoms with Crippen LogP contribution in [0.2, 0.25) is 5.02 Å². The summed E-state index contributed by atoms with van der Waals surface area (Å²) in [5.41, 5.74) is 2.75. The van der Waals surface area contributed by atoms with Gasteiger partial charge in [0.1, 0.15) is 23.3 Å². The van der Waals surface area contributed by atoms with E-state index < -0.39 is 0 Å². The first-order valence-electron chi connectivity index (χ1n) is 10.1. The molecule has 0 saturated carbocycles. The molecule has 0 bridgehead atoms. The van der Waals surface area contributed by atoms with Crippen LogP contribution in [0.25, 0.3) is 11.3 Å². The molecule has 1 saturated heterocycles. The molecule has 32 heavy (non-hydrogen) atoms. The van der Waals surface area contributed by atoms with Crippen molar-refractivity contribution in [1.82, 2.24) is 10.3 Å². The quantitative estimate of drug-likeness (QED) is 0.358. The summed E-state index contributed by atoms with van der Waals surface area (Å²) in [6.45, 7) is 0. The monoisotopic (exact) mass is 461 g/mol. The van der Waals surface area contributed by atoms with Gasteiger partial charge in [-0.15, -0.1) is 0 Å². The lowest BCUT2D eigenvalue weighted by atomic mass is 10.0. The van der Waals surface area contributed by atoms with Crippen LogP contribution in [-0.4, -0.2) is 17.2 Å². The standard InChI is InChI=1S/C25H20ClN3O2S/c1-30-19-6-4-5-18(15-19)29-24(23(28-25(29)32)20-7-2-3-14-27-20)22-13-12-21(31-22)16-8-10-17(26)11-9-16/h2-15,23-24H,1H3,(H,28,32)/t23-,24-/m0/s1. The van der Waals surface area contributed by atoms with Crippen LogP contribution in [0, 0.1) is 0 Å². The van der Waals surface area contributed by atoms with Gasteiger partial charge in [-0.25, -0.2) is 0 Å². The number of thiocarbonyl (C=S) groups is 1. The number of anilines is 1. The van der Waals surface area contributed by atoms with E-state index in [9.17, 15) is 0 Å². The van der Waals surface area contributed by atoms with Crippen molar-refractivity contribution >= 4 is 34.6 Å². The van der Waals surface area contributed by atoms with Gasteiger partial charge in [0.05, 0.1) is 18.8 Å².